The molecule has 2 heterocycles. The maximum Gasteiger partial charge on any atom is 0.152 e. The first-order valence-corrected chi connectivity index (χ1v) is 6.41. The minimum Gasteiger partial charge on any atom is -0.453 e. The summed E-state index contributed by atoms with van der Waals surface area (Å²) in [7, 11) is 5.99. The number of ether oxygens (including phenoxy) is 1. The molecule has 0 amide bonds. The highest BCUT2D eigenvalue weighted by molar-refractivity contribution is 9.10. The Morgan fingerprint density at radius 1 is 1.06 bits per heavy atom. The Bertz CT molecular complexity index is 794. The van der Waals surface area contributed by atoms with Crippen molar-refractivity contribution in [2.24, 2.45) is 0 Å². The normalized spacial score (nSPS) is 12.3. The summed E-state index contributed by atoms with van der Waals surface area (Å²) in [5.41, 5.74) is 2.83. The van der Waals surface area contributed by atoms with Gasteiger partial charge in [-0.1, -0.05) is 27.5 Å². The third-order valence-electron chi connectivity index (χ3n) is 3.25. The van der Waals surface area contributed by atoms with Gasteiger partial charge in [-0.15, -0.1) is 0 Å². The van der Waals surface area contributed by atoms with E-state index in [1.54, 1.807) is 0 Å². The van der Waals surface area contributed by atoms with Gasteiger partial charge in [-0.25, -0.2) is 0 Å². The van der Waals surface area contributed by atoms with Crippen LogP contribution in [-0.4, -0.2) is 12.4 Å². The van der Waals surface area contributed by atoms with Crippen molar-refractivity contribution in [3.05, 3.63) is 47.1 Å². The quantitative estimate of drug-likeness (QED) is 0.454. The smallest absolute Gasteiger partial charge is 0.152 e. The Hall–Kier alpha value is -1.68. The van der Waals surface area contributed by atoms with E-state index in [1.807, 2.05) is 42.6 Å². The molecule has 0 fully saturated rings. The van der Waals surface area contributed by atoms with E-state index in [0.717, 1.165) is 38.0 Å². The average Bonchev–Trinajstić information content (AvgIpc) is 2.81. The third kappa shape index (κ3) is 1.24. The lowest BCUT2D eigenvalue weighted by atomic mass is 9.92. The standard InChI is InChI=1S/C14H7BBrNO/c15-10-2-4-13-14-9(10)5-6-17(14)11-7-8(16)1-3-12(11)18-13/h1-7H. The molecule has 3 aromatic rings. The Balaban J connectivity index is 2.16. The van der Waals surface area contributed by atoms with E-state index >= 15 is 0 Å². The maximum atomic E-state index is 5.99. The first-order valence-electron chi connectivity index (χ1n) is 5.61. The number of hydrogen-bond acceptors (Lipinski definition) is 1. The van der Waals surface area contributed by atoms with Crippen LogP contribution in [0.15, 0.2) is 47.1 Å². The van der Waals surface area contributed by atoms with Gasteiger partial charge < -0.3 is 9.30 Å². The molecule has 0 saturated heterocycles. The molecule has 2 radical (unpaired) electrons. The molecule has 1 aliphatic rings. The summed E-state index contributed by atoms with van der Waals surface area (Å²) in [5.74, 6) is 1.70. The van der Waals surface area contributed by atoms with Crippen molar-refractivity contribution in [1.82, 2.24) is 4.57 Å². The Morgan fingerprint density at radius 2 is 1.89 bits per heavy atom. The minimum absolute atomic E-state index is 0.773. The van der Waals surface area contributed by atoms with Crippen LogP contribution in [0.1, 0.15) is 0 Å². The van der Waals surface area contributed by atoms with Crippen molar-refractivity contribution < 1.29 is 4.74 Å². The fraction of sp³-hybridized carbons (Fsp3) is 0. The summed E-state index contributed by atoms with van der Waals surface area (Å²) in [4.78, 5) is 0. The van der Waals surface area contributed by atoms with E-state index in [4.69, 9.17) is 12.6 Å². The topological polar surface area (TPSA) is 14.2 Å². The highest BCUT2D eigenvalue weighted by Crippen LogP contribution is 2.40. The van der Waals surface area contributed by atoms with Crippen LogP contribution in [0.3, 0.4) is 0 Å². The molecule has 2 aromatic carbocycles. The predicted molar refractivity (Wildman–Crippen MR) is 76.4 cm³/mol. The van der Waals surface area contributed by atoms with Gasteiger partial charge in [0, 0.05) is 10.7 Å². The molecular weight excluding hydrogens is 289 g/mol. The molecular formula is C14H7BBrNO. The van der Waals surface area contributed by atoms with Crippen LogP contribution in [-0.2, 0) is 0 Å². The van der Waals surface area contributed by atoms with Crippen LogP contribution < -0.4 is 10.2 Å². The molecule has 0 aliphatic carbocycles. The minimum atomic E-state index is 0.773. The van der Waals surface area contributed by atoms with E-state index in [2.05, 4.69) is 20.5 Å². The summed E-state index contributed by atoms with van der Waals surface area (Å²) in [6.07, 6.45) is 2.03. The summed E-state index contributed by atoms with van der Waals surface area (Å²) >= 11 is 3.49. The van der Waals surface area contributed by atoms with E-state index in [1.165, 1.54) is 0 Å². The van der Waals surface area contributed by atoms with Crippen LogP contribution in [0.25, 0.3) is 16.6 Å². The van der Waals surface area contributed by atoms with Crippen LogP contribution >= 0.6 is 15.9 Å². The molecule has 4 rings (SSSR count). The number of hydrogen-bond donors (Lipinski definition) is 0. The van der Waals surface area contributed by atoms with Crippen molar-refractivity contribution in [2.45, 2.75) is 0 Å². The Kier molecular flexibility index (Phi) is 1.95. The Labute approximate surface area is 114 Å². The lowest BCUT2D eigenvalue weighted by molar-refractivity contribution is 0.475. The summed E-state index contributed by atoms with van der Waals surface area (Å²) in [5, 5.41) is 1.03. The fourth-order valence-corrected chi connectivity index (χ4v) is 2.77. The molecule has 84 valence electrons. The van der Waals surface area contributed by atoms with Gasteiger partial charge in [0.1, 0.15) is 7.85 Å². The zero-order chi connectivity index (χ0) is 12.3. The number of benzene rings is 2. The van der Waals surface area contributed by atoms with Gasteiger partial charge in [0.25, 0.3) is 0 Å². The van der Waals surface area contributed by atoms with Crippen molar-refractivity contribution >= 4 is 40.1 Å². The molecule has 2 nitrogen and oxygen atoms in total. The van der Waals surface area contributed by atoms with E-state index < -0.39 is 0 Å². The second-order valence-corrected chi connectivity index (χ2v) is 5.23. The molecule has 0 bridgehead atoms. The highest BCUT2D eigenvalue weighted by atomic mass is 79.9. The van der Waals surface area contributed by atoms with Crippen LogP contribution in [0.2, 0.25) is 0 Å². The second kappa shape index (κ2) is 3.42. The lowest BCUT2D eigenvalue weighted by Gasteiger charge is -2.20. The van der Waals surface area contributed by atoms with Gasteiger partial charge in [0.2, 0.25) is 0 Å². The summed E-state index contributed by atoms with van der Waals surface area (Å²) in [6, 6.07) is 11.8. The van der Waals surface area contributed by atoms with Crippen LogP contribution in [0.5, 0.6) is 11.5 Å². The fourth-order valence-electron chi connectivity index (χ4n) is 2.42. The van der Waals surface area contributed by atoms with E-state index in [0.29, 0.717) is 0 Å². The zero-order valence-corrected chi connectivity index (χ0v) is 10.9. The number of rotatable bonds is 0. The summed E-state index contributed by atoms with van der Waals surface area (Å²) < 4.78 is 9.06. The zero-order valence-electron chi connectivity index (χ0n) is 9.35. The average molecular weight is 296 g/mol. The first kappa shape index (κ1) is 10.3. The van der Waals surface area contributed by atoms with Gasteiger partial charge in [0.05, 0.1) is 11.2 Å². The summed E-state index contributed by atoms with van der Waals surface area (Å²) in [6.45, 7) is 0. The number of halogens is 1. The molecule has 18 heavy (non-hydrogen) atoms. The second-order valence-electron chi connectivity index (χ2n) is 4.32. The van der Waals surface area contributed by atoms with E-state index in [9.17, 15) is 0 Å². The third-order valence-corrected chi connectivity index (χ3v) is 3.74. The van der Waals surface area contributed by atoms with Gasteiger partial charge in [-0.3, -0.25) is 0 Å². The Morgan fingerprint density at radius 3 is 2.78 bits per heavy atom. The maximum absolute atomic E-state index is 5.99. The molecule has 4 heteroatoms. The molecule has 1 aromatic heterocycles. The van der Waals surface area contributed by atoms with Crippen molar-refractivity contribution in [1.29, 1.82) is 0 Å². The molecule has 0 N–H and O–H groups in total. The van der Waals surface area contributed by atoms with Crippen LogP contribution in [0.4, 0.5) is 0 Å². The molecule has 0 spiro atoms. The van der Waals surface area contributed by atoms with Gasteiger partial charge in [0.15, 0.2) is 11.5 Å². The number of nitrogens with zero attached hydrogens (tertiary/aromatic N) is 1. The van der Waals surface area contributed by atoms with Gasteiger partial charge in [-0.05, 0) is 35.7 Å². The SMILES string of the molecule is [B]c1ccc2c3c1ccn3-c1cc(Br)ccc1O2. The largest absolute Gasteiger partial charge is 0.453 e. The molecule has 0 atom stereocenters. The van der Waals surface area contributed by atoms with E-state index in [-0.39, 0.29) is 0 Å². The lowest BCUT2D eigenvalue weighted by Crippen LogP contribution is -2.08. The van der Waals surface area contributed by atoms with Gasteiger partial charge in [-0.2, -0.15) is 0 Å². The van der Waals surface area contributed by atoms with Crippen LogP contribution in [0, 0.1) is 0 Å². The molecule has 0 unspecified atom stereocenters. The first-order chi connectivity index (χ1) is 8.74. The highest BCUT2D eigenvalue weighted by Gasteiger charge is 2.20. The predicted octanol–water partition coefficient (Wildman–Crippen LogP) is 3.29. The monoisotopic (exact) mass is 295 g/mol. The van der Waals surface area contributed by atoms with Crippen molar-refractivity contribution in [2.75, 3.05) is 0 Å². The van der Waals surface area contributed by atoms with Crippen molar-refractivity contribution in [3.8, 4) is 17.2 Å². The van der Waals surface area contributed by atoms with Crippen molar-refractivity contribution in [3.63, 3.8) is 0 Å². The molecule has 0 saturated carbocycles. The molecule has 1 aliphatic heterocycles. The number of aromatic nitrogens is 1. The number of fused-ring (bicyclic) bond motifs is 2. The van der Waals surface area contributed by atoms with Gasteiger partial charge >= 0.3 is 0 Å².